The quantitative estimate of drug-likeness (QED) is 0.515. The van der Waals surface area contributed by atoms with Gasteiger partial charge >= 0.3 is 5.97 Å². The molecule has 1 saturated heterocycles. The zero-order chi connectivity index (χ0) is 11.6. The average Bonchev–Trinajstić information content (AvgIpc) is 2.34. The summed E-state index contributed by atoms with van der Waals surface area (Å²) in [6.07, 6.45) is 8.22. The van der Waals surface area contributed by atoms with Crippen LogP contribution in [0.1, 0.15) is 32.1 Å². The van der Waals surface area contributed by atoms with Gasteiger partial charge in [-0.25, -0.2) is 0 Å². The fraction of sp³-hybridized carbons (Fsp3) is 0.750. The van der Waals surface area contributed by atoms with E-state index in [1.54, 1.807) is 0 Å². The lowest BCUT2D eigenvalue weighted by atomic mass is 10.2. The molecule has 1 heterocycles. The Kier molecular flexibility index (Phi) is 6.85. The second-order valence-electron chi connectivity index (χ2n) is 3.72. The normalized spacial score (nSPS) is 21.2. The maximum Gasteiger partial charge on any atom is 0.305 e. The third-order valence-corrected chi connectivity index (χ3v) is 2.43. The molecule has 1 fully saturated rings. The topological polar surface area (TPSA) is 44.8 Å². The first-order chi connectivity index (χ1) is 7.83. The molecule has 1 atom stereocenters. The van der Waals surface area contributed by atoms with Crippen molar-refractivity contribution in [1.82, 2.24) is 0 Å². The standard InChI is InChI=1S/C12H20O4/c1-14-11(13)7-3-2-5-9-15-12-8-4-6-10-16-12/h2,5,12H,3-4,6-10H2,1H3/b5-2-. The highest BCUT2D eigenvalue weighted by atomic mass is 16.7. The summed E-state index contributed by atoms with van der Waals surface area (Å²) < 4.78 is 15.4. The molecule has 1 rings (SSSR count). The summed E-state index contributed by atoms with van der Waals surface area (Å²) in [5, 5.41) is 0. The summed E-state index contributed by atoms with van der Waals surface area (Å²) in [7, 11) is 1.40. The molecule has 92 valence electrons. The van der Waals surface area contributed by atoms with E-state index in [0.717, 1.165) is 19.4 Å². The van der Waals surface area contributed by atoms with Gasteiger partial charge in [0, 0.05) is 13.0 Å². The smallest absolute Gasteiger partial charge is 0.305 e. The van der Waals surface area contributed by atoms with Gasteiger partial charge in [-0.15, -0.1) is 0 Å². The van der Waals surface area contributed by atoms with Crippen molar-refractivity contribution in [1.29, 1.82) is 0 Å². The molecule has 0 amide bonds. The molecule has 16 heavy (non-hydrogen) atoms. The van der Waals surface area contributed by atoms with Crippen molar-refractivity contribution in [3.8, 4) is 0 Å². The van der Waals surface area contributed by atoms with Crippen LogP contribution in [0.3, 0.4) is 0 Å². The first kappa shape index (κ1) is 13.2. The molecule has 4 nitrogen and oxygen atoms in total. The van der Waals surface area contributed by atoms with Crippen molar-refractivity contribution in [2.45, 2.75) is 38.4 Å². The van der Waals surface area contributed by atoms with Gasteiger partial charge in [-0.05, 0) is 25.7 Å². The third-order valence-electron chi connectivity index (χ3n) is 2.43. The van der Waals surface area contributed by atoms with Crippen LogP contribution in [-0.4, -0.2) is 32.6 Å². The molecule has 0 aromatic rings. The molecule has 0 saturated carbocycles. The van der Waals surface area contributed by atoms with E-state index in [4.69, 9.17) is 9.47 Å². The molecular formula is C12H20O4. The first-order valence-corrected chi connectivity index (χ1v) is 5.78. The minimum absolute atomic E-state index is 0.0426. The molecule has 0 aromatic heterocycles. The van der Waals surface area contributed by atoms with E-state index in [2.05, 4.69) is 4.74 Å². The van der Waals surface area contributed by atoms with Crippen molar-refractivity contribution in [2.75, 3.05) is 20.3 Å². The highest BCUT2D eigenvalue weighted by Crippen LogP contribution is 2.13. The Morgan fingerprint density at radius 1 is 1.44 bits per heavy atom. The molecule has 0 bridgehead atoms. The number of allylic oxidation sites excluding steroid dienone is 1. The van der Waals surface area contributed by atoms with Crippen LogP contribution in [0.2, 0.25) is 0 Å². The molecule has 0 radical (unpaired) electrons. The van der Waals surface area contributed by atoms with Gasteiger partial charge in [0.05, 0.1) is 13.7 Å². The van der Waals surface area contributed by atoms with Crippen LogP contribution >= 0.6 is 0 Å². The van der Waals surface area contributed by atoms with E-state index in [0.29, 0.717) is 19.4 Å². The summed E-state index contributed by atoms with van der Waals surface area (Å²) in [5.74, 6) is -0.179. The van der Waals surface area contributed by atoms with E-state index in [-0.39, 0.29) is 12.3 Å². The predicted molar refractivity (Wildman–Crippen MR) is 59.9 cm³/mol. The van der Waals surface area contributed by atoms with Gasteiger partial charge < -0.3 is 14.2 Å². The summed E-state index contributed by atoms with van der Waals surface area (Å²) >= 11 is 0. The Hall–Kier alpha value is -0.870. The third kappa shape index (κ3) is 5.88. The SMILES string of the molecule is COC(=O)CC/C=C\COC1CCCCO1. The summed E-state index contributed by atoms with van der Waals surface area (Å²) in [6, 6.07) is 0. The van der Waals surface area contributed by atoms with Crippen LogP contribution in [0.4, 0.5) is 0 Å². The summed E-state index contributed by atoms with van der Waals surface area (Å²) in [5.41, 5.74) is 0. The van der Waals surface area contributed by atoms with Gasteiger partial charge in [0.25, 0.3) is 0 Å². The zero-order valence-electron chi connectivity index (χ0n) is 9.81. The molecule has 0 N–H and O–H groups in total. The Bertz CT molecular complexity index is 219. The van der Waals surface area contributed by atoms with Crippen LogP contribution < -0.4 is 0 Å². The molecule has 1 aliphatic heterocycles. The Labute approximate surface area is 96.6 Å². The van der Waals surface area contributed by atoms with Gasteiger partial charge in [0.15, 0.2) is 6.29 Å². The van der Waals surface area contributed by atoms with Gasteiger partial charge in [-0.1, -0.05) is 12.2 Å². The molecule has 0 aromatic carbocycles. The van der Waals surface area contributed by atoms with Crippen LogP contribution in [-0.2, 0) is 19.0 Å². The fourth-order valence-corrected chi connectivity index (χ4v) is 1.49. The lowest BCUT2D eigenvalue weighted by Crippen LogP contribution is -2.22. The number of hydrogen-bond donors (Lipinski definition) is 0. The van der Waals surface area contributed by atoms with Crippen LogP contribution in [0, 0.1) is 0 Å². The number of hydrogen-bond acceptors (Lipinski definition) is 4. The second kappa shape index (κ2) is 8.30. The molecule has 1 aliphatic rings. The lowest BCUT2D eigenvalue weighted by molar-refractivity contribution is -0.155. The predicted octanol–water partition coefficient (Wildman–Crippen LogP) is 2.04. The Morgan fingerprint density at radius 3 is 3.00 bits per heavy atom. The highest BCUT2D eigenvalue weighted by Gasteiger charge is 2.12. The largest absolute Gasteiger partial charge is 0.469 e. The van der Waals surface area contributed by atoms with E-state index in [9.17, 15) is 4.79 Å². The van der Waals surface area contributed by atoms with Crippen LogP contribution in [0.5, 0.6) is 0 Å². The monoisotopic (exact) mass is 228 g/mol. The van der Waals surface area contributed by atoms with Crippen molar-refractivity contribution >= 4 is 5.97 Å². The zero-order valence-corrected chi connectivity index (χ0v) is 9.81. The molecule has 0 spiro atoms. The number of rotatable bonds is 6. The molecule has 1 unspecified atom stereocenters. The summed E-state index contributed by atoms with van der Waals surface area (Å²) in [4.78, 5) is 10.8. The molecule has 0 aliphatic carbocycles. The van der Waals surface area contributed by atoms with E-state index >= 15 is 0 Å². The highest BCUT2D eigenvalue weighted by molar-refractivity contribution is 5.69. The first-order valence-electron chi connectivity index (χ1n) is 5.78. The number of esters is 1. The van der Waals surface area contributed by atoms with Crippen molar-refractivity contribution in [3.63, 3.8) is 0 Å². The van der Waals surface area contributed by atoms with Crippen molar-refractivity contribution < 1.29 is 19.0 Å². The van der Waals surface area contributed by atoms with Crippen LogP contribution in [0.25, 0.3) is 0 Å². The van der Waals surface area contributed by atoms with Gasteiger partial charge in [0.2, 0.25) is 0 Å². The maximum atomic E-state index is 10.8. The number of methoxy groups -OCH3 is 1. The number of carbonyl (C=O) groups excluding carboxylic acids is 1. The summed E-state index contributed by atoms with van der Waals surface area (Å²) in [6.45, 7) is 1.35. The molecular weight excluding hydrogens is 208 g/mol. The second-order valence-corrected chi connectivity index (χ2v) is 3.72. The van der Waals surface area contributed by atoms with Crippen LogP contribution in [0.15, 0.2) is 12.2 Å². The number of ether oxygens (including phenoxy) is 3. The minimum atomic E-state index is -0.179. The minimum Gasteiger partial charge on any atom is -0.469 e. The molecule has 4 heteroatoms. The maximum absolute atomic E-state index is 10.8. The van der Waals surface area contributed by atoms with E-state index < -0.39 is 0 Å². The fourth-order valence-electron chi connectivity index (χ4n) is 1.49. The van der Waals surface area contributed by atoms with Gasteiger partial charge in [-0.3, -0.25) is 4.79 Å². The van der Waals surface area contributed by atoms with Gasteiger partial charge in [-0.2, -0.15) is 0 Å². The van der Waals surface area contributed by atoms with E-state index in [1.165, 1.54) is 13.5 Å². The Morgan fingerprint density at radius 2 is 2.31 bits per heavy atom. The number of carbonyl (C=O) groups is 1. The van der Waals surface area contributed by atoms with Gasteiger partial charge in [0.1, 0.15) is 0 Å². The van der Waals surface area contributed by atoms with E-state index in [1.807, 2.05) is 12.2 Å². The Balaban J connectivity index is 1.97. The van der Waals surface area contributed by atoms with Crippen molar-refractivity contribution in [3.05, 3.63) is 12.2 Å². The lowest BCUT2D eigenvalue weighted by Gasteiger charge is -2.21. The average molecular weight is 228 g/mol. The van der Waals surface area contributed by atoms with Crippen molar-refractivity contribution in [2.24, 2.45) is 0 Å².